The van der Waals surface area contributed by atoms with E-state index in [0.29, 0.717) is 24.9 Å². The summed E-state index contributed by atoms with van der Waals surface area (Å²) in [5.41, 5.74) is 7.50. The maximum atomic E-state index is 12.9. The summed E-state index contributed by atoms with van der Waals surface area (Å²) < 4.78 is 0. The van der Waals surface area contributed by atoms with E-state index in [-0.39, 0.29) is 35.9 Å². The molecule has 29 heavy (non-hydrogen) atoms. The van der Waals surface area contributed by atoms with Gasteiger partial charge >= 0.3 is 0 Å². The number of phenols is 1. The lowest BCUT2D eigenvalue weighted by Gasteiger charge is -2.26. The fourth-order valence-electron chi connectivity index (χ4n) is 4.27. The van der Waals surface area contributed by atoms with Gasteiger partial charge in [0, 0.05) is 12.1 Å². The molecule has 7 heteroatoms. The Labute approximate surface area is 168 Å². The van der Waals surface area contributed by atoms with E-state index < -0.39 is 12.1 Å². The molecule has 2 aliphatic heterocycles. The molecule has 7 nitrogen and oxygen atoms in total. The van der Waals surface area contributed by atoms with Gasteiger partial charge in [0.25, 0.3) is 5.91 Å². The standard InChI is InChI=1S/C22H23N3O4/c23-17(12-14-6-8-16(26)9-7-14)22(29)24-11-10-18-20(24)19(27)13-25(18)21(28)15-4-2-1-3-5-15/h1-9,17-18,20,26H,10-13,23H2/t17-,18?,20?/m0/s1. The number of nitrogens with zero attached hydrogens (tertiary/aromatic N) is 2. The molecule has 4 rings (SSSR count). The second-order valence-corrected chi connectivity index (χ2v) is 7.57. The Balaban J connectivity index is 1.47. The molecule has 2 saturated heterocycles. The number of nitrogens with two attached hydrogens (primary N) is 1. The van der Waals surface area contributed by atoms with E-state index in [1.807, 2.05) is 6.07 Å². The Morgan fingerprint density at radius 2 is 1.76 bits per heavy atom. The van der Waals surface area contributed by atoms with Crippen molar-refractivity contribution < 1.29 is 19.5 Å². The first kappa shape index (κ1) is 19.1. The van der Waals surface area contributed by atoms with Crippen molar-refractivity contribution in [3.05, 3.63) is 65.7 Å². The van der Waals surface area contributed by atoms with Crippen LogP contribution in [0.3, 0.4) is 0 Å². The quantitative estimate of drug-likeness (QED) is 0.805. The number of benzene rings is 2. The van der Waals surface area contributed by atoms with Crippen molar-refractivity contribution in [3.63, 3.8) is 0 Å². The summed E-state index contributed by atoms with van der Waals surface area (Å²) in [7, 11) is 0. The van der Waals surface area contributed by atoms with Gasteiger partial charge in [-0.15, -0.1) is 0 Å². The van der Waals surface area contributed by atoms with Crippen LogP contribution in [0, 0.1) is 0 Å². The Kier molecular flexibility index (Phi) is 5.07. The van der Waals surface area contributed by atoms with Crippen LogP contribution in [0.1, 0.15) is 22.3 Å². The molecule has 0 saturated carbocycles. The number of carbonyl (C=O) groups excluding carboxylic acids is 3. The van der Waals surface area contributed by atoms with E-state index in [1.54, 1.807) is 53.4 Å². The van der Waals surface area contributed by atoms with Crippen molar-refractivity contribution >= 4 is 17.6 Å². The zero-order chi connectivity index (χ0) is 20.5. The average Bonchev–Trinajstić information content (AvgIpc) is 3.30. The summed E-state index contributed by atoms with van der Waals surface area (Å²) in [6, 6.07) is 13.7. The van der Waals surface area contributed by atoms with Gasteiger partial charge < -0.3 is 20.6 Å². The van der Waals surface area contributed by atoms with E-state index >= 15 is 0 Å². The summed E-state index contributed by atoms with van der Waals surface area (Å²) >= 11 is 0. The highest BCUT2D eigenvalue weighted by Crippen LogP contribution is 2.31. The highest BCUT2D eigenvalue weighted by Gasteiger charge is 2.51. The lowest BCUT2D eigenvalue weighted by molar-refractivity contribution is -0.137. The first-order valence-corrected chi connectivity index (χ1v) is 9.68. The fourth-order valence-corrected chi connectivity index (χ4v) is 4.27. The molecule has 2 fully saturated rings. The lowest BCUT2D eigenvalue weighted by atomic mass is 10.0. The van der Waals surface area contributed by atoms with Crippen LogP contribution in [0.25, 0.3) is 0 Å². The predicted octanol–water partition coefficient (Wildman–Crippen LogP) is 0.957. The number of phenolic OH excluding ortho intramolecular Hbond substituents is 1. The second kappa shape index (κ2) is 7.67. The molecule has 3 N–H and O–H groups in total. The minimum atomic E-state index is -0.787. The van der Waals surface area contributed by atoms with Gasteiger partial charge in [-0.05, 0) is 42.7 Å². The Bertz CT molecular complexity index is 929. The monoisotopic (exact) mass is 393 g/mol. The topological polar surface area (TPSA) is 104 Å². The van der Waals surface area contributed by atoms with Crippen LogP contribution >= 0.6 is 0 Å². The zero-order valence-electron chi connectivity index (χ0n) is 15.9. The molecular formula is C22H23N3O4. The molecule has 2 aromatic rings. The first-order valence-electron chi connectivity index (χ1n) is 9.68. The van der Waals surface area contributed by atoms with Crippen LogP contribution in [-0.4, -0.2) is 63.7 Å². The van der Waals surface area contributed by atoms with Gasteiger partial charge in [-0.2, -0.15) is 0 Å². The molecule has 0 aliphatic carbocycles. The fraction of sp³-hybridized carbons (Fsp3) is 0.318. The lowest BCUT2D eigenvalue weighted by Crippen LogP contribution is -2.50. The van der Waals surface area contributed by atoms with Crippen LogP contribution in [0.2, 0.25) is 0 Å². The van der Waals surface area contributed by atoms with Gasteiger partial charge in [-0.1, -0.05) is 30.3 Å². The van der Waals surface area contributed by atoms with Crippen molar-refractivity contribution in [1.29, 1.82) is 0 Å². The van der Waals surface area contributed by atoms with Crippen molar-refractivity contribution in [2.75, 3.05) is 13.1 Å². The highest BCUT2D eigenvalue weighted by atomic mass is 16.3. The maximum absolute atomic E-state index is 12.9. The number of hydrogen-bond acceptors (Lipinski definition) is 5. The Hall–Kier alpha value is -3.19. The molecule has 2 amide bonds. The predicted molar refractivity (Wildman–Crippen MR) is 106 cm³/mol. The minimum Gasteiger partial charge on any atom is -0.508 e. The number of fused-ring (bicyclic) bond motifs is 1. The molecule has 2 heterocycles. The molecule has 2 unspecified atom stereocenters. The Morgan fingerprint density at radius 3 is 2.45 bits per heavy atom. The summed E-state index contributed by atoms with van der Waals surface area (Å²) in [6.45, 7) is 0.418. The molecule has 150 valence electrons. The van der Waals surface area contributed by atoms with Gasteiger partial charge in [0.05, 0.1) is 18.6 Å². The van der Waals surface area contributed by atoms with E-state index in [0.717, 1.165) is 5.56 Å². The van der Waals surface area contributed by atoms with Crippen LogP contribution in [0.15, 0.2) is 54.6 Å². The van der Waals surface area contributed by atoms with E-state index in [9.17, 15) is 19.5 Å². The molecule has 3 atom stereocenters. The Morgan fingerprint density at radius 1 is 1.07 bits per heavy atom. The summed E-state index contributed by atoms with van der Waals surface area (Å²) in [5, 5.41) is 9.38. The normalized spacial score (nSPS) is 21.9. The smallest absolute Gasteiger partial charge is 0.254 e. The molecular weight excluding hydrogens is 370 g/mol. The molecule has 0 spiro atoms. The molecule has 0 bridgehead atoms. The van der Waals surface area contributed by atoms with Crippen LogP contribution in [0.4, 0.5) is 0 Å². The number of hydrogen-bond donors (Lipinski definition) is 2. The summed E-state index contributed by atoms with van der Waals surface area (Å²) in [4.78, 5) is 41.6. The summed E-state index contributed by atoms with van der Waals surface area (Å²) in [5.74, 6) is -0.445. The van der Waals surface area contributed by atoms with Crippen LogP contribution < -0.4 is 5.73 Å². The van der Waals surface area contributed by atoms with Gasteiger partial charge in [-0.25, -0.2) is 0 Å². The molecule has 0 aromatic heterocycles. The van der Waals surface area contributed by atoms with Gasteiger partial charge in [-0.3, -0.25) is 14.4 Å². The van der Waals surface area contributed by atoms with Gasteiger partial charge in [0.1, 0.15) is 11.8 Å². The number of likely N-dealkylation sites (tertiary alicyclic amines) is 2. The number of amides is 2. The SMILES string of the molecule is N[C@@H](Cc1ccc(O)cc1)C(=O)N1CCC2C1C(=O)CN2C(=O)c1ccccc1. The van der Waals surface area contributed by atoms with E-state index in [4.69, 9.17) is 5.73 Å². The van der Waals surface area contributed by atoms with Crippen molar-refractivity contribution in [3.8, 4) is 5.75 Å². The number of ketones is 1. The highest BCUT2D eigenvalue weighted by molar-refractivity contribution is 6.02. The second-order valence-electron chi connectivity index (χ2n) is 7.57. The van der Waals surface area contributed by atoms with Gasteiger partial charge in [0.2, 0.25) is 5.91 Å². The maximum Gasteiger partial charge on any atom is 0.254 e. The number of rotatable bonds is 4. The van der Waals surface area contributed by atoms with Crippen LogP contribution in [-0.2, 0) is 16.0 Å². The zero-order valence-corrected chi connectivity index (χ0v) is 15.9. The van der Waals surface area contributed by atoms with Gasteiger partial charge in [0.15, 0.2) is 5.78 Å². The van der Waals surface area contributed by atoms with Crippen LogP contribution in [0.5, 0.6) is 5.75 Å². The third-order valence-electron chi connectivity index (χ3n) is 5.70. The molecule has 2 aliphatic rings. The van der Waals surface area contributed by atoms with Crippen molar-refractivity contribution in [1.82, 2.24) is 9.80 Å². The first-order chi connectivity index (χ1) is 14.0. The third-order valence-corrected chi connectivity index (χ3v) is 5.70. The minimum absolute atomic E-state index is 0.0139. The van der Waals surface area contributed by atoms with E-state index in [1.165, 1.54) is 4.90 Å². The summed E-state index contributed by atoms with van der Waals surface area (Å²) in [6.07, 6.45) is 0.875. The van der Waals surface area contributed by atoms with Crippen molar-refractivity contribution in [2.24, 2.45) is 5.73 Å². The number of Topliss-reactive ketones (excluding diaryl/α,β-unsaturated/α-hetero) is 1. The molecule has 0 radical (unpaired) electrons. The average molecular weight is 393 g/mol. The number of carbonyl (C=O) groups is 3. The third kappa shape index (κ3) is 3.61. The molecule has 2 aromatic carbocycles. The van der Waals surface area contributed by atoms with E-state index in [2.05, 4.69) is 0 Å². The largest absolute Gasteiger partial charge is 0.508 e. The van der Waals surface area contributed by atoms with Crippen molar-refractivity contribution in [2.45, 2.75) is 31.0 Å². The number of aromatic hydroxyl groups is 1.